The first-order valence-electron chi connectivity index (χ1n) is 4.46. The molecule has 1 aromatic rings. The lowest BCUT2D eigenvalue weighted by Crippen LogP contribution is -2.10. The molecule has 0 aliphatic heterocycles. The first kappa shape index (κ1) is 11.4. The molecule has 1 rings (SSSR count). The third-order valence-electron chi connectivity index (χ3n) is 2.04. The maximum atomic E-state index is 12.8. The summed E-state index contributed by atoms with van der Waals surface area (Å²) in [4.78, 5) is 0. The van der Waals surface area contributed by atoms with E-state index >= 15 is 0 Å². The topological polar surface area (TPSA) is 26.0 Å². The standard InChI is InChI=1S/C11H13BrFN/c1-2-3-4-11(14)9-6-5-8(13)7-10(9)12/h2,5-7,11H,1,3-4,14H2/t11-/m0/s1. The van der Waals surface area contributed by atoms with Crippen LogP contribution >= 0.6 is 15.9 Å². The van der Waals surface area contributed by atoms with Crippen molar-refractivity contribution in [3.05, 3.63) is 46.7 Å². The van der Waals surface area contributed by atoms with Gasteiger partial charge in [0, 0.05) is 10.5 Å². The number of hydrogen-bond donors (Lipinski definition) is 1. The van der Waals surface area contributed by atoms with Crippen LogP contribution in [-0.4, -0.2) is 0 Å². The number of rotatable bonds is 4. The molecule has 14 heavy (non-hydrogen) atoms. The van der Waals surface area contributed by atoms with E-state index in [1.807, 2.05) is 6.08 Å². The molecule has 0 unspecified atom stereocenters. The molecule has 0 spiro atoms. The van der Waals surface area contributed by atoms with E-state index in [0.29, 0.717) is 0 Å². The third kappa shape index (κ3) is 2.93. The lowest BCUT2D eigenvalue weighted by atomic mass is 10.0. The molecule has 2 N–H and O–H groups in total. The van der Waals surface area contributed by atoms with Crippen molar-refractivity contribution in [1.29, 1.82) is 0 Å². The second-order valence-corrected chi connectivity index (χ2v) is 3.99. The number of nitrogens with two attached hydrogens (primary N) is 1. The van der Waals surface area contributed by atoms with Crippen molar-refractivity contribution in [2.45, 2.75) is 18.9 Å². The van der Waals surface area contributed by atoms with Crippen molar-refractivity contribution in [2.24, 2.45) is 5.73 Å². The van der Waals surface area contributed by atoms with Gasteiger partial charge in [-0.05, 0) is 30.5 Å². The van der Waals surface area contributed by atoms with Crippen molar-refractivity contribution in [2.75, 3.05) is 0 Å². The van der Waals surface area contributed by atoms with Gasteiger partial charge in [-0.1, -0.05) is 28.1 Å². The quantitative estimate of drug-likeness (QED) is 0.821. The summed E-state index contributed by atoms with van der Waals surface area (Å²) in [5.41, 5.74) is 6.87. The number of halogens is 2. The van der Waals surface area contributed by atoms with Gasteiger partial charge >= 0.3 is 0 Å². The number of allylic oxidation sites excluding steroid dienone is 1. The van der Waals surface area contributed by atoms with Gasteiger partial charge in [-0.25, -0.2) is 4.39 Å². The van der Waals surface area contributed by atoms with Crippen LogP contribution in [0.3, 0.4) is 0 Å². The summed E-state index contributed by atoms with van der Waals surface area (Å²) in [6.45, 7) is 3.64. The first-order valence-corrected chi connectivity index (χ1v) is 5.26. The summed E-state index contributed by atoms with van der Waals surface area (Å²) in [5.74, 6) is -0.253. The average Bonchev–Trinajstić information content (AvgIpc) is 2.14. The predicted molar refractivity (Wildman–Crippen MR) is 60.5 cm³/mol. The van der Waals surface area contributed by atoms with Gasteiger partial charge in [-0.2, -0.15) is 0 Å². The lowest BCUT2D eigenvalue weighted by Gasteiger charge is -2.12. The maximum absolute atomic E-state index is 12.8. The molecule has 0 saturated carbocycles. The average molecular weight is 258 g/mol. The molecule has 0 saturated heterocycles. The molecule has 1 aromatic carbocycles. The Morgan fingerprint density at radius 1 is 1.57 bits per heavy atom. The van der Waals surface area contributed by atoms with Crippen LogP contribution in [0.2, 0.25) is 0 Å². The zero-order chi connectivity index (χ0) is 10.6. The molecule has 0 aromatic heterocycles. The zero-order valence-electron chi connectivity index (χ0n) is 7.84. The monoisotopic (exact) mass is 257 g/mol. The molecule has 0 bridgehead atoms. The smallest absolute Gasteiger partial charge is 0.124 e. The van der Waals surface area contributed by atoms with E-state index in [4.69, 9.17) is 5.73 Å². The molecule has 3 heteroatoms. The summed E-state index contributed by atoms with van der Waals surface area (Å²) < 4.78 is 13.5. The Hall–Kier alpha value is -0.670. The molecule has 1 atom stereocenters. The fourth-order valence-corrected chi connectivity index (χ4v) is 1.90. The third-order valence-corrected chi connectivity index (χ3v) is 2.73. The van der Waals surface area contributed by atoms with Gasteiger partial charge in [0.15, 0.2) is 0 Å². The SMILES string of the molecule is C=CCC[C@H](N)c1ccc(F)cc1Br. The Bertz CT molecular complexity index is 325. The van der Waals surface area contributed by atoms with E-state index in [1.54, 1.807) is 6.07 Å². The van der Waals surface area contributed by atoms with Gasteiger partial charge in [0.1, 0.15) is 5.82 Å². The van der Waals surface area contributed by atoms with Crippen molar-refractivity contribution < 1.29 is 4.39 Å². The molecule has 0 radical (unpaired) electrons. The van der Waals surface area contributed by atoms with E-state index in [1.165, 1.54) is 12.1 Å². The normalized spacial score (nSPS) is 12.5. The molecule has 76 valence electrons. The van der Waals surface area contributed by atoms with Crippen LogP contribution in [0.15, 0.2) is 35.3 Å². The molecule has 1 nitrogen and oxygen atoms in total. The fraction of sp³-hybridized carbons (Fsp3) is 0.273. The predicted octanol–water partition coefficient (Wildman–Crippen LogP) is 3.55. The van der Waals surface area contributed by atoms with Gasteiger partial charge < -0.3 is 5.73 Å². The minimum atomic E-state index is -0.253. The van der Waals surface area contributed by atoms with E-state index in [9.17, 15) is 4.39 Å². The van der Waals surface area contributed by atoms with E-state index in [2.05, 4.69) is 22.5 Å². The van der Waals surface area contributed by atoms with E-state index in [0.717, 1.165) is 22.9 Å². The lowest BCUT2D eigenvalue weighted by molar-refractivity contribution is 0.618. The largest absolute Gasteiger partial charge is 0.324 e. The van der Waals surface area contributed by atoms with E-state index in [-0.39, 0.29) is 11.9 Å². The van der Waals surface area contributed by atoms with Crippen molar-refractivity contribution >= 4 is 15.9 Å². The van der Waals surface area contributed by atoms with Crippen LogP contribution in [0.1, 0.15) is 24.4 Å². The summed E-state index contributed by atoms with van der Waals surface area (Å²) in [6, 6.07) is 4.51. The van der Waals surface area contributed by atoms with Crippen LogP contribution < -0.4 is 5.73 Å². The van der Waals surface area contributed by atoms with Gasteiger partial charge in [-0.15, -0.1) is 6.58 Å². The van der Waals surface area contributed by atoms with Gasteiger partial charge in [0.05, 0.1) is 0 Å². The molecular formula is C11H13BrFN. The second kappa shape index (κ2) is 5.27. The maximum Gasteiger partial charge on any atom is 0.124 e. The highest BCUT2D eigenvalue weighted by atomic mass is 79.9. The molecule has 0 fully saturated rings. The summed E-state index contributed by atoms with van der Waals surface area (Å²) in [7, 11) is 0. The molecule has 0 aliphatic rings. The van der Waals surface area contributed by atoms with Crippen LogP contribution in [0.4, 0.5) is 4.39 Å². The molecule has 0 amide bonds. The van der Waals surface area contributed by atoms with Gasteiger partial charge in [-0.3, -0.25) is 0 Å². The number of hydrogen-bond acceptors (Lipinski definition) is 1. The summed E-state index contributed by atoms with van der Waals surface area (Å²) in [5, 5.41) is 0. The van der Waals surface area contributed by atoms with Crippen LogP contribution in [0, 0.1) is 5.82 Å². The Balaban J connectivity index is 2.78. The Morgan fingerprint density at radius 2 is 2.29 bits per heavy atom. The molecule has 0 heterocycles. The summed E-state index contributed by atoms with van der Waals surface area (Å²) in [6.07, 6.45) is 3.52. The minimum absolute atomic E-state index is 0.0667. The number of benzene rings is 1. The van der Waals surface area contributed by atoms with Crippen LogP contribution in [0.25, 0.3) is 0 Å². The minimum Gasteiger partial charge on any atom is -0.324 e. The molecular weight excluding hydrogens is 245 g/mol. The summed E-state index contributed by atoms with van der Waals surface area (Å²) >= 11 is 3.29. The Morgan fingerprint density at radius 3 is 2.86 bits per heavy atom. The van der Waals surface area contributed by atoms with Gasteiger partial charge in [0.2, 0.25) is 0 Å². The highest BCUT2D eigenvalue weighted by Crippen LogP contribution is 2.25. The highest BCUT2D eigenvalue weighted by molar-refractivity contribution is 9.10. The second-order valence-electron chi connectivity index (χ2n) is 3.14. The van der Waals surface area contributed by atoms with Crippen molar-refractivity contribution in [3.8, 4) is 0 Å². The van der Waals surface area contributed by atoms with Gasteiger partial charge in [0.25, 0.3) is 0 Å². The Kier molecular flexibility index (Phi) is 4.29. The van der Waals surface area contributed by atoms with Crippen molar-refractivity contribution in [3.63, 3.8) is 0 Å². The fourth-order valence-electron chi connectivity index (χ4n) is 1.26. The van der Waals surface area contributed by atoms with Crippen LogP contribution in [0.5, 0.6) is 0 Å². The van der Waals surface area contributed by atoms with Crippen molar-refractivity contribution in [1.82, 2.24) is 0 Å². The van der Waals surface area contributed by atoms with E-state index < -0.39 is 0 Å². The first-order chi connectivity index (χ1) is 6.65. The highest BCUT2D eigenvalue weighted by Gasteiger charge is 2.09. The molecule has 0 aliphatic carbocycles. The Labute approximate surface area is 91.9 Å². The zero-order valence-corrected chi connectivity index (χ0v) is 9.43. The van der Waals surface area contributed by atoms with Crippen LogP contribution in [-0.2, 0) is 0 Å².